The van der Waals surface area contributed by atoms with E-state index in [1.165, 1.54) is 10.6 Å². The largest absolute Gasteiger partial charge is 0.329 e. The molecule has 0 amide bonds. The van der Waals surface area contributed by atoms with Crippen LogP contribution in [0.5, 0.6) is 0 Å². The fraction of sp³-hybridized carbons (Fsp3) is 0.182. The molecule has 17 heavy (non-hydrogen) atoms. The fourth-order valence-corrected chi connectivity index (χ4v) is 2.54. The van der Waals surface area contributed by atoms with Gasteiger partial charge in [-0.3, -0.25) is 9.36 Å². The Balaban J connectivity index is 2.76. The molecular formula is C11H12NO4P. The quantitative estimate of drug-likeness (QED) is 0.788. The molecule has 1 heterocycles. The molecule has 0 fully saturated rings. The van der Waals surface area contributed by atoms with Gasteiger partial charge in [0, 0.05) is 18.5 Å². The molecule has 2 aromatic rings. The lowest BCUT2D eigenvalue weighted by Crippen LogP contribution is -2.17. The average Bonchev–Trinajstić information content (AvgIpc) is 2.24. The topological polar surface area (TPSA) is 79.5 Å². The predicted molar refractivity (Wildman–Crippen MR) is 64.9 cm³/mol. The number of para-hydroxylation sites is 1. The van der Waals surface area contributed by atoms with E-state index in [0.29, 0.717) is 16.5 Å². The van der Waals surface area contributed by atoms with Gasteiger partial charge in [0.15, 0.2) is 0 Å². The summed E-state index contributed by atoms with van der Waals surface area (Å²) in [6.45, 7) is 0. The number of aromatic nitrogens is 1. The van der Waals surface area contributed by atoms with Gasteiger partial charge in [-0.1, -0.05) is 18.2 Å². The number of benzene rings is 1. The molecule has 0 spiro atoms. The van der Waals surface area contributed by atoms with Crippen molar-refractivity contribution in [3.8, 4) is 0 Å². The molecule has 0 atom stereocenters. The summed E-state index contributed by atoms with van der Waals surface area (Å²) in [4.78, 5) is 29.6. The highest BCUT2D eigenvalue weighted by atomic mass is 31.2. The van der Waals surface area contributed by atoms with E-state index in [9.17, 15) is 9.36 Å². The second kappa shape index (κ2) is 4.11. The van der Waals surface area contributed by atoms with Crippen molar-refractivity contribution < 1.29 is 14.4 Å². The lowest BCUT2D eigenvalue weighted by Gasteiger charge is -2.10. The lowest BCUT2D eigenvalue weighted by atomic mass is 10.1. The van der Waals surface area contributed by atoms with Gasteiger partial charge in [0.25, 0.3) is 5.56 Å². The van der Waals surface area contributed by atoms with Crippen LogP contribution in [-0.2, 0) is 17.8 Å². The van der Waals surface area contributed by atoms with E-state index in [-0.39, 0.29) is 5.56 Å². The van der Waals surface area contributed by atoms with Crippen LogP contribution in [0.25, 0.3) is 10.9 Å². The lowest BCUT2D eigenvalue weighted by molar-refractivity contribution is 0.372. The van der Waals surface area contributed by atoms with Crippen molar-refractivity contribution in [3.05, 3.63) is 46.2 Å². The van der Waals surface area contributed by atoms with Crippen molar-refractivity contribution in [1.29, 1.82) is 0 Å². The van der Waals surface area contributed by atoms with Gasteiger partial charge in [0.05, 0.1) is 11.7 Å². The summed E-state index contributed by atoms with van der Waals surface area (Å²) in [5.41, 5.74) is 0.785. The van der Waals surface area contributed by atoms with Crippen LogP contribution < -0.4 is 5.56 Å². The molecule has 90 valence electrons. The molecule has 5 nitrogen and oxygen atoms in total. The number of aryl methyl sites for hydroxylation is 1. The standard InChI is InChI=1S/C11H12NO4P/c1-12-10-5-3-2-4-9(10)8(6-11(12)13)7-17(14,15)16/h2-6H,7H2,1H3,(H2,14,15,16). The Bertz CT molecular complexity index is 671. The number of pyridine rings is 1. The van der Waals surface area contributed by atoms with Gasteiger partial charge in [0.1, 0.15) is 0 Å². The van der Waals surface area contributed by atoms with Gasteiger partial charge in [0.2, 0.25) is 0 Å². The molecule has 0 aliphatic heterocycles. The minimum absolute atomic E-state index is 0.271. The molecule has 2 rings (SSSR count). The first-order valence-electron chi connectivity index (χ1n) is 5.01. The van der Waals surface area contributed by atoms with E-state index in [1.807, 2.05) is 0 Å². The smallest absolute Gasteiger partial charge is 0.324 e. The van der Waals surface area contributed by atoms with E-state index in [0.717, 1.165) is 0 Å². The maximum absolute atomic E-state index is 11.6. The Kier molecular flexibility index (Phi) is 2.91. The minimum atomic E-state index is -4.18. The summed E-state index contributed by atoms with van der Waals surface area (Å²) in [6, 6.07) is 8.33. The van der Waals surface area contributed by atoms with E-state index in [1.54, 1.807) is 31.3 Å². The normalized spacial score (nSPS) is 11.9. The summed E-state index contributed by atoms with van der Waals surface area (Å²) in [5.74, 6) is 0. The van der Waals surface area contributed by atoms with Crippen LogP contribution in [0.2, 0.25) is 0 Å². The minimum Gasteiger partial charge on any atom is -0.324 e. The second-order valence-corrected chi connectivity index (χ2v) is 5.55. The van der Waals surface area contributed by atoms with Crippen molar-refractivity contribution in [2.45, 2.75) is 6.16 Å². The maximum atomic E-state index is 11.6. The van der Waals surface area contributed by atoms with Crippen LogP contribution in [-0.4, -0.2) is 14.4 Å². The van der Waals surface area contributed by atoms with Gasteiger partial charge < -0.3 is 14.4 Å². The Morgan fingerprint density at radius 2 is 1.94 bits per heavy atom. The van der Waals surface area contributed by atoms with Gasteiger partial charge in [-0.25, -0.2) is 0 Å². The van der Waals surface area contributed by atoms with Crippen LogP contribution >= 0.6 is 7.60 Å². The van der Waals surface area contributed by atoms with Crippen LogP contribution in [0.1, 0.15) is 5.56 Å². The molecule has 0 unspecified atom stereocenters. The number of nitrogens with zero attached hydrogens (tertiary/aromatic N) is 1. The highest BCUT2D eigenvalue weighted by Crippen LogP contribution is 2.40. The molecule has 0 aliphatic rings. The Morgan fingerprint density at radius 3 is 2.59 bits per heavy atom. The van der Waals surface area contributed by atoms with E-state index in [4.69, 9.17) is 9.79 Å². The monoisotopic (exact) mass is 253 g/mol. The molecule has 2 N–H and O–H groups in total. The molecule has 1 aromatic heterocycles. The fourth-order valence-electron chi connectivity index (χ4n) is 1.83. The van der Waals surface area contributed by atoms with E-state index >= 15 is 0 Å². The molecule has 6 heteroatoms. The van der Waals surface area contributed by atoms with Crippen molar-refractivity contribution in [2.24, 2.45) is 7.05 Å². The first kappa shape index (κ1) is 12.0. The van der Waals surface area contributed by atoms with Gasteiger partial charge >= 0.3 is 7.60 Å². The maximum Gasteiger partial charge on any atom is 0.329 e. The average molecular weight is 253 g/mol. The Labute approximate surface area is 97.5 Å². The summed E-state index contributed by atoms with van der Waals surface area (Å²) >= 11 is 0. The third-order valence-electron chi connectivity index (χ3n) is 2.62. The number of hydrogen-bond acceptors (Lipinski definition) is 2. The SMILES string of the molecule is Cn1c(=O)cc(CP(=O)(O)O)c2ccccc21. The molecule has 0 saturated carbocycles. The van der Waals surface area contributed by atoms with Gasteiger partial charge in [-0.15, -0.1) is 0 Å². The zero-order valence-electron chi connectivity index (χ0n) is 9.20. The van der Waals surface area contributed by atoms with Crippen LogP contribution in [0, 0.1) is 0 Å². The van der Waals surface area contributed by atoms with Crippen molar-refractivity contribution in [3.63, 3.8) is 0 Å². The van der Waals surface area contributed by atoms with E-state index in [2.05, 4.69) is 0 Å². The zero-order chi connectivity index (χ0) is 12.6. The number of hydrogen-bond donors (Lipinski definition) is 2. The summed E-state index contributed by atoms with van der Waals surface area (Å²) in [7, 11) is -2.54. The molecule has 0 radical (unpaired) electrons. The predicted octanol–water partition coefficient (Wildman–Crippen LogP) is 1.22. The third-order valence-corrected chi connectivity index (χ3v) is 3.37. The third kappa shape index (κ3) is 2.47. The van der Waals surface area contributed by atoms with Crippen molar-refractivity contribution >= 4 is 18.5 Å². The van der Waals surface area contributed by atoms with Gasteiger partial charge in [-0.05, 0) is 11.6 Å². The number of fused-ring (bicyclic) bond motifs is 1. The van der Waals surface area contributed by atoms with Crippen molar-refractivity contribution in [2.75, 3.05) is 0 Å². The van der Waals surface area contributed by atoms with Crippen LogP contribution in [0.15, 0.2) is 35.1 Å². The Morgan fingerprint density at radius 1 is 1.29 bits per heavy atom. The Hall–Kier alpha value is -1.42. The van der Waals surface area contributed by atoms with Gasteiger partial charge in [-0.2, -0.15) is 0 Å². The van der Waals surface area contributed by atoms with Crippen LogP contribution in [0.4, 0.5) is 0 Å². The second-order valence-electron chi connectivity index (χ2n) is 3.91. The molecule has 1 aromatic carbocycles. The highest BCUT2D eigenvalue weighted by Gasteiger charge is 2.17. The van der Waals surface area contributed by atoms with Crippen molar-refractivity contribution in [1.82, 2.24) is 4.57 Å². The summed E-state index contributed by atoms with van der Waals surface area (Å²) in [5, 5.41) is 0.693. The van der Waals surface area contributed by atoms with E-state index < -0.39 is 13.8 Å². The first-order valence-corrected chi connectivity index (χ1v) is 6.80. The summed E-state index contributed by atoms with van der Waals surface area (Å²) in [6.07, 6.45) is -0.413. The molecule has 0 aliphatic carbocycles. The summed E-state index contributed by atoms with van der Waals surface area (Å²) < 4.78 is 12.5. The first-order chi connectivity index (χ1) is 7.88. The molecule has 0 bridgehead atoms. The highest BCUT2D eigenvalue weighted by molar-refractivity contribution is 7.50. The van der Waals surface area contributed by atoms with Crippen LogP contribution in [0.3, 0.4) is 0 Å². The zero-order valence-corrected chi connectivity index (χ0v) is 10.1. The molecule has 0 saturated heterocycles. The molecular weight excluding hydrogens is 241 g/mol. The number of rotatable bonds is 2.